The van der Waals surface area contributed by atoms with Crippen LogP contribution in [-0.2, 0) is 9.59 Å². The topological polar surface area (TPSA) is 66.4 Å². The molecule has 0 saturated heterocycles. The number of aryl methyl sites for hydroxylation is 1. The van der Waals surface area contributed by atoms with Crippen molar-refractivity contribution >= 4 is 29.3 Å². The van der Waals surface area contributed by atoms with Crippen molar-refractivity contribution in [2.75, 3.05) is 0 Å². The molecule has 2 N–H and O–H groups in total. The number of aliphatic carboxylic acids is 1. The number of rotatable bonds is 6. The summed E-state index contributed by atoms with van der Waals surface area (Å²) in [7, 11) is 0. The quantitative estimate of drug-likeness (QED) is 0.788. The molecule has 0 bridgehead atoms. The summed E-state index contributed by atoms with van der Waals surface area (Å²) in [5.74, 6) is -1.16. The van der Waals surface area contributed by atoms with Crippen molar-refractivity contribution in [3.05, 3.63) is 28.0 Å². The van der Waals surface area contributed by atoms with Crippen LogP contribution < -0.4 is 5.32 Å². The zero-order chi connectivity index (χ0) is 14.4. The summed E-state index contributed by atoms with van der Waals surface area (Å²) in [5, 5.41) is 11.5. The lowest BCUT2D eigenvalue weighted by molar-refractivity contribution is -0.141. The average Bonchev–Trinajstić information content (AvgIpc) is 2.71. The normalized spacial score (nSPS) is 12.8. The maximum absolute atomic E-state index is 11.7. The number of carbonyl (C=O) groups excluding carboxylic acids is 1. The van der Waals surface area contributed by atoms with E-state index < -0.39 is 12.0 Å². The Kier molecular flexibility index (Phi) is 5.76. The van der Waals surface area contributed by atoms with Crippen LogP contribution in [-0.4, -0.2) is 23.0 Å². The highest BCUT2D eigenvalue weighted by Crippen LogP contribution is 2.16. The molecular weight excluding hydrogens is 262 g/mol. The monoisotopic (exact) mass is 281 g/mol. The zero-order valence-electron chi connectivity index (χ0n) is 11.3. The molecular formula is C14H19NO3S. The summed E-state index contributed by atoms with van der Waals surface area (Å²) in [6.07, 6.45) is 3.50. The third-order valence-corrected chi connectivity index (χ3v) is 3.45. The second-order valence-electron chi connectivity index (χ2n) is 4.81. The molecule has 0 aromatic carbocycles. The Balaban J connectivity index is 2.57. The number of nitrogens with one attached hydrogen (secondary N) is 1. The molecule has 0 aliphatic heterocycles. The van der Waals surface area contributed by atoms with Gasteiger partial charge in [-0.15, -0.1) is 11.3 Å². The molecule has 5 heteroatoms. The number of hydrogen-bond acceptors (Lipinski definition) is 3. The lowest BCUT2D eigenvalue weighted by Gasteiger charge is -2.15. The molecule has 104 valence electrons. The third-order valence-electron chi connectivity index (χ3n) is 2.48. The number of carboxylic acids is 1. The van der Waals surface area contributed by atoms with E-state index in [4.69, 9.17) is 5.11 Å². The Morgan fingerprint density at radius 1 is 1.42 bits per heavy atom. The van der Waals surface area contributed by atoms with Crippen molar-refractivity contribution in [1.29, 1.82) is 0 Å². The standard InChI is InChI=1S/C14H19NO3S/c1-9(2)8-12(14(17)18)15-13(16)7-6-11-5-4-10(3)19-11/h4-7,9,12H,8H2,1-3H3,(H,15,16)(H,17,18)/b7-6+. The first-order valence-corrected chi connectivity index (χ1v) is 6.98. The lowest BCUT2D eigenvalue weighted by Crippen LogP contribution is -2.40. The van der Waals surface area contributed by atoms with Crippen molar-refractivity contribution < 1.29 is 14.7 Å². The summed E-state index contributed by atoms with van der Waals surface area (Å²) in [4.78, 5) is 24.8. The zero-order valence-corrected chi connectivity index (χ0v) is 12.2. The molecule has 0 fully saturated rings. The Hall–Kier alpha value is -1.62. The number of thiophene rings is 1. The first-order valence-electron chi connectivity index (χ1n) is 6.16. The van der Waals surface area contributed by atoms with E-state index in [1.54, 1.807) is 17.4 Å². The smallest absolute Gasteiger partial charge is 0.326 e. The molecule has 1 heterocycles. The fraction of sp³-hybridized carbons (Fsp3) is 0.429. The van der Waals surface area contributed by atoms with Gasteiger partial charge in [0, 0.05) is 15.8 Å². The van der Waals surface area contributed by atoms with Crippen LogP contribution in [0.15, 0.2) is 18.2 Å². The van der Waals surface area contributed by atoms with Crippen LogP contribution in [0.1, 0.15) is 30.0 Å². The van der Waals surface area contributed by atoms with Crippen LogP contribution >= 0.6 is 11.3 Å². The van der Waals surface area contributed by atoms with Crippen molar-refractivity contribution in [2.45, 2.75) is 33.2 Å². The van der Waals surface area contributed by atoms with Gasteiger partial charge in [0.2, 0.25) is 5.91 Å². The van der Waals surface area contributed by atoms with E-state index in [1.807, 2.05) is 32.9 Å². The van der Waals surface area contributed by atoms with Gasteiger partial charge in [-0.25, -0.2) is 4.79 Å². The number of amides is 1. The average molecular weight is 281 g/mol. The summed E-state index contributed by atoms with van der Waals surface area (Å²) < 4.78 is 0. The van der Waals surface area contributed by atoms with Gasteiger partial charge in [-0.05, 0) is 37.5 Å². The van der Waals surface area contributed by atoms with E-state index in [-0.39, 0.29) is 11.8 Å². The van der Waals surface area contributed by atoms with Crippen molar-refractivity contribution in [2.24, 2.45) is 5.92 Å². The summed E-state index contributed by atoms with van der Waals surface area (Å²) in [6, 6.07) is 3.07. The summed E-state index contributed by atoms with van der Waals surface area (Å²) in [6.45, 7) is 5.84. The Morgan fingerprint density at radius 2 is 2.11 bits per heavy atom. The predicted octanol–water partition coefficient (Wildman–Crippen LogP) is 2.69. The predicted molar refractivity (Wildman–Crippen MR) is 77.1 cm³/mol. The van der Waals surface area contributed by atoms with E-state index in [9.17, 15) is 9.59 Å². The first kappa shape index (κ1) is 15.4. The Morgan fingerprint density at radius 3 is 2.58 bits per heavy atom. The number of carbonyl (C=O) groups is 2. The van der Waals surface area contributed by atoms with Gasteiger partial charge >= 0.3 is 5.97 Å². The van der Waals surface area contributed by atoms with Gasteiger partial charge in [0.1, 0.15) is 6.04 Å². The SMILES string of the molecule is Cc1ccc(/C=C/C(=O)NC(CC(C)C)C(=O)O)s1. The maximum Gasteiger partial charge on any atom is 0.326 e. The molecule has 1 amide bonds. The molecule has 1 unspecified atom stereocenters. The Bertz CT molecular complexity index is 477. The van der Waals surface area contributed by atoms with Crippen molar-refractivity contribution in [3.63, 3.8) is 0 Å². The van der Waals surface area contributed by atoms with E-state index in [0.29, 0.717) is 6.42 Å². The molecule has 0 aliphatic rings. The van der Waals surface area contributed by atoms with Gasteiger partial charge in [0.25, 0.3) is 0 Å². The highest BCUT2D eigenvalue weighted by molar-refractivity contribution is 7.12. The highest BCUT2D eigenvalue weighted by atomic mass is 32.1. The molecule has 0 radical (unpaired) electrons. The highest BCUT2D eigenvalue weighted by Gasteiger charge is 2.19. The van der Waals surface area contributed by atoms with Crippen molar-refractivity contribution in [1.82, 2.24) is 5.32 Å². The molecule has 1 aromatic rings. The van der Waals surface area contributed by atoms with E-state index in [0.717, 1.165) is 4.88 Å². The number of hydrogen-bond donors (Lipinski definition) is 2. The summed E-state index contributed by atoms with van der Waals surface area (Å²) in [5.41, 5.74) is 0. The molecule has 0 saturated carbocycles. The fourth-order valence-electron chi connectivity index (χ4n) is 1.61. The minimum atomic E-state index is -0.998. The van der Waals surface area contributed by atoms with Crippen LogP contribution in [0.4, 0.5) is 0 Å². The molecule has 0 aliphatic carbocycles. The molecule has 1 aromatic heterocycles. The first-order chi connectivity index (χ1) is 8.88. The summed E-state index contributed by atoms with van der Waals surface area (Å²) >= 11 is 1.58. The molecule has 1 atom stereocenters. The van der Waals surface area contributed by atoms with Crippen LogP contribution in [0.25, 0.3) is 6.08 Å². The molecule has 1 rings (SSSR count). The maximum atomic E-state index is 11.7. The minimum Gasteiger partial charge on any atom is -0.480 e. The van der Waals surface area contributed by atoms with Crippen LogP contribution in [0.3, 0.4) is 0 Å². The minimum absolute atomic E-state index is 0.213. The Labute approximate surface area is 117 Å². The second-order valence-corrected chi connectivity index (χ2v) is 6.13. The van der Waals surface area contributed by atoms with Gasteiger partial charge in [-0.3, -0.25) is 4.79 Å². The fourth-order valence-corrected chi connectivity index (χ4v) is 2.39. The van der Waals surface area contributed by atoms with Gasteiger partial charge in [-0.1, -0.05) is 13.8 Å². The third kappa shape index (κ3) is 5.70. The molecule has 19 heavy (non-hydrogen) atoms. The van der Waals surface area contributed by atoms with Gasteiger partial charge in [-0.2, -0.15) is 0 Å². The van der Waals surface area contributed by atoms with E-state index >= 15 is 0 Å². The van der Waals surface area contributed by atoms with Crippen LogP contribution in [0.2, 0.25) is 0 Å². The van der Waals surface area contributed by atoms with Crippen molar-refractivity contribution in [3.8, 4) is 0 Å². The van der Waals surface area contributed by atoms with Gasteiger partial charge < -0.3 is 10.4 Å². The largest absolute Gasteiger partial charge is 0.480 e. The second kappa shape index (κ2) is 7.09. The lowest BCUT2D eigenvalue weighted by atomic mass is 10.0. The van der Waals surface area contributed by atoms with E-state index in [1.165, 1.54) is 11.0 Å². The molecule has 0 spiro atoms. The van der Waals surface area contributed by atoms with E-state index in [2.05, 4.69) is 5.32 Å². The number of carboxylic acid groups (broad SMARTS) is 1. The van der Waals surface area contributed by atoms with Crippen LogP contribution in [0, 0.1) is 12.8 Å². The van der Waals surface area contributed by atoms with Gasteiger partial charge in [0.05, 0.1) is 0 Å². The molecule has 4 nitrogen and oxygen atoms in total. The van der Waals surface area contributed by atoms with Gasteiger partial charge in [0.15, 0.2) is 0 Å². The van der Waals surface area contributed by atoms with Crippen LogP contribution in [0.5, 0.6) is 0 Å².